The van der Waals surface area contributed by atoms with Gasteiger partial charge in [-0.25, -0.2) is 0 Å². The van der Waals surface area contributed by atoms with Gasteiger partial charge >= 0.3 is 0 Å². The van der Waals surface area contributed by atoms with Crippen molar-refractivity contribution in [3.8, 4) is 0 Å². The van der Waals surface area contributed by atoms with Crippen LogP contribution in [0, 0.1) is 6.92 Å². The van der Waals surface area contributed by atoms with Crippen molar-refractivity contribution in [1.82, 2.24) is 10.2 Å². The average molecular weight is 364 g/mol. The van der Waals surface area contributed by atoms with Gasteiger partial charge in [0.15, 0.2) is 0 Å². The Labute approximate surface area is 162 Å². The molecule has 0 aliphatic carbocycles. The molecule has 1 amide bonds. The first kappa shape index (κ1) is 18.1. The molecule has 2 fully saturated rings. The molecule has 0 radical (unpaired) electrons. The zero-order valence-corrected chi connectivity index (χ0v) is 16.1. The zero-order valence-electron chi connectivity index (χ0n) is 16.1. The Morgan fingerprint density at radius 2 is 1.70 bits per heavy atom. The summed E-state index contributed by atoms with van der Waals surface area (Å²) in [5, 5.41) is 3.18. The highest BCUT2D eigenvalue weighted by molar-refractivity contribution is 5.79. The predicted octanol–water partition coefficient (Wildman–Crippen LogP) is 3.01. The highest BCUT2D eigenvalue weighted by atomic mass is 16.2. The van der Waals surface area contributed by atoms with Crippen LogP contribution in [0.3, 0.4) is 0 Å². The van der Waals surface area contributed by atoms with Crippen LogP contribution in [0.15, 0.2) is 54.6 Å². The van der Waals surface area contributed by atoms with E-state index in [4.69, 9.17) is 0 Å². The van der Waals surface area contributed by atoms with Crippen LogP contribution < -0.4 is 10.2 Å². The van der Waals surface area contributed by atoms with Gasteiger partial charge in [0.25, 0.3) is 0 Å². The number of benzene rings is 2. The molecule has 142 valence electrons. The summed E-state index contributed by atoms with van der Waals surface area (Å²) < 4.78 is 0. The molecule has 4 nitrogen and oxygen atoms in total. The molecule has 2 heterocycles. The van der Waals surface area contributed by atoms with Gasteiger partial charge in [0.05, 0.1) is 6.54 Å². The highest BCUT2D eigenvalue weighted by Gasteiger charge is 2.32. The minimum Gasteiger partial charge on any atom is -0.371 e. The quantitative estimate of drug-likeness (QED) is 0.907. The van der Waals surface area contributed by atoms with E-state index in [-0.39, 0.29) is 11.9 Å². The number of carbonyl (C=O) groups excluding carboxylic acids is 1. The standard InChI is InChI=1S/C23H29N3O/c1-18-7-5-6-10-22(18)25-13-11-21(12-14-25)26-16-20(24-23(27)17-26)15-19-8-3-2-4-9-19/h2-10,20-21H,11-17H2,1H3,(H,24,27)/t20-/m0/s1. The van der Waals surface area contributed by atoms with Gasteiger partial charge in [0.2, 0.25) is 5.91 Å². The molecule has 0 spiro atoms. The van der Waals surface area contributed by atoms with Gasteiger partial charge in [0.1, 0.15) is 0 Å². The number of nitrogens with one attached hydrogen (secondary N) is 1. The van der Waals surface area contributed by atoms with Crippen molar-refractivity contribution in [2.75, 3.05) is 31.1 Å². The van der Waals surface area contributed by atoms with Crippen LogP contribution in [-0.4, -0.2) is 49.1 Å². The molecule has 27 heavy (non-hydrogen) atoms. The summed E-state index contributed by atoms with van der Waals surface area (Å²) in [6.45, 7) is 5.81. The van der Waals surface area contributed by atoms with Crippen LogP contribution in [0.5, 0.6) is 0 Å². The van der Waals surface area contributed by atoms with Crippen molar-refractivity contribution >= 4 is 11.6 Å². The molecular formula is C23H29N3O. The predicted molar refractivity (Wildman–Crippen MR) is 110 cm³/mol. The molecule has 2 aliphatic rings. The fourth-order valence-electron chi connectivity index (χ4n) is 4.53. The van der Waals surface area contributed by atoms with Gasteiger partial charge in [-0.3, -0.25) is 9.69 Å². The maximum Gasteiger partial charge on any atom is 0.234 e. The van der Waals surface area contributed by atoms with E-state index in [9.17, 15) is 4.79 Å². The molecule has 2 aromatic carbocycles. The molecule has 2 saturated heterocycles. The minimum atomic E-state index is 0.170. The van der Waals surface area contributed by atoms with E-state index < -0.39 is 0 Å². The third-order valence-electron chi connectivity index (χ3n) is 5.93. The lowest BCUT2D eigenvalue weighted by molar-refractivity contribution is -0.126. The van der Waals surface area contributed by atoms with Gasteiger partial charge in [-0.15, -0.1) is 0 Å². The van der Waals surface area contributed by atoms with E-state index in [0.29, 0.717) is 12.6 Å². The maximum atomic E-state index is 12.3. The zero-order chi connectivity index (χ0) is 18.6. The van der Waals surface area contributed by atoms with E-state index in [1.54, 1.807) is 0 Å². The van der Waals surface area contributed by atoms with Crippen molar-refractivity contribution in [2.45, 2.75) is 38.3 Å². The Balaban J connectivity index is 1.36. The Hall–Kier alpha value is -2.33. The number of hydrogen-bond donors (Lipinski definition) is 1. The molecule has 0 unspecified atom stereocenters. The minimum absolute atomic E-state index is 0.170. The summed E-state index contributed by atoms with van der Waals surface area (Å²) >= 11 is 0. The average Bonchev–Trinajstić information content (AvgIpc) is 2.69. The molecule has 4 heteroatoms. The number of nitrogens with zero attached hydrogens (tertiary/aromatic N) is 2. The number of amides is 1. The second-order valence-electron chi connectivity index (χ2n) is 7.89. The lowest BCUT2D eigenvalue weighted by atomic mass is 9.98. The van der Waals surface area contributed by atoms with E-state index in [0.717, 1.165) is 38.9 Å². The van der Waals surface area contributed by atoms with Crippen LogP contribution in [-0.2, 0) is 11.2 Å². The number of hydrogen-bond acceptors (Lipinski definition) is 3. The Morgan fingerprint density at radius 3 is 2.44 bits per heavy atom. The largest absolute Gasteiger partial charge is 0.371 e. The van der Waals surface area contributed by atoms with Crippen LogP contribution in [0.1, 0.15) is 24.0 Å². The fourth-order valence-corrected chi connectivity index (χ4v) is 4.53. The van der Waals surface area contributed by atoms with Crippen LogP contribution in [0.4, 0.5) is 5.69 Å². The fraction of sp³-hybridized carbons (Fsp3) is 0.435. The first-order chi connectivity index (χ1) is 13.2. The summed E-state index contributed by atoms with van der Waals surface area (Å²) in [4.78, 5) is 17.2. The molecule has 0 bridgehead atoms. The van der Waals surface area contributed by atoms with E-state index >= 15 is 0 Å². The molecule has 1 N–H and O–H groups in total. The van der Waals surface area contributed by atoms with Crippen molar-refractivity contribution in [3.63, 3.8) is 0 Å². The van der Waals surface area contributed by atoms with Gasteiger partial charge in [-0.05, 0) is 43.4 Å². The van der Waals surface area contributed by atoms with Crippen LogP contribution in [0.25, 0.3) is 0 Å². The number of piperazine rings is 1. The Kier molecular flexibility index (Phi) is 5.44. The van der Waals surface area contributed by atoms with E-state index in [1.807, 2.05) is 6.07 Å². The summed E-state index contributed by atoms with van der Waals surface area (Å²) in [6, 6.07) is 19.8. The van der Waals surface area contributed by atoms with Gasteiger partial charge in [-0.1, -0.05) is 48.5 Å². The van der Waals surface area contributed by atoms with Crippen molar-refractivity contribution in [1.29, 1.82) is 0 Å². The maximum absolute atomic E-state index is 12.3. The SMILES string of the molecule is Cc1ccccc1N1CCC(N2CC(=O)N[C@@H](Cc3ccccc3)C2)CC1. The normalized spacial score (nSPS) is 21.9. The molecule has 2 aliphatic heterocycles. The van der Waals surface area contributed by atoms with Crippen LogP contribution >= 0.6 is 0 Å². The van der Waals surface area contributed by atoms with Gasteiger partial charge in [-0.2, -0.15) is 0 Å². The highest BCUT2D eigenvalue weighted by Crippen LogP contribution is 2.26. The van der Waals surface area contributed by atoms with E-state index in [1.165, 1.54) is 16.8 Å². The summed E-state index contributed by atoms with van der Waals surface area (Å²) in [6.07, 6.45) is 3.16. The third-order valence-corrected chi connectivity index (χ3v) is 5.93. The lowest BCUT2D eigenvalue weighted by Crippen LogP contribution is -2.59. The summed E-state index contributed by atoms with van der Waals surface area (Å²) in [5.41, 5.74) is 3.99. The topological polar surface area (TPSA) is 35.6 Å². The van der Waals surface area contributed by atoms with Crippen molar-refractivity contribution in [3.05, 3.63) is 65.7 Å². The second kappa shape index (κ2) is 8.13. The van der Waals surface area contributed by atoms with Crippen molar-refractivity contribution < 1.29 is 4.79 Å². The molecule has 0 aromatic heterocycles. The molecule has 4 rings (SSSR count). The number of anilines is 1. The second-order valence-corrected chi connectivity index (χ2v) is 7.89. The number of piperidine rings is 1. The number of rotatable bonds is 4. The molecule has 1 atom stereocenters. The first-order valence-corrected chi connectivity index (χ1v) is 10.1. The Bertz CT molecular complexity index is 768. The number of aryl methyl sites for hydroxylation is 1. The smallest absolute Gasteiger partial charge is 0.234 e. The van der Waals surface area contributed by atoms with E-state index in [2.05, 4.69) is 70.6 Å². The number of para-hydroxylation sites is 1. The lowest BCUT2D eigenvalue weighted by Gasteiger charge is -2.43. The molecular weight excluding hydrogens is 334 g/mol. The van der Waals surface area contributed by atoms with Crippen LogP contribution in [0.2, 0.25) is 0 Å². The van der Waals surface area contributed by atoms with Gasteiger partial charge < -0.3 is 10.2 Å². The summed E-state index contributed by atoms with van der Waals surface area (Å²) in [7, 11) is 0. The van der Waals surface area contributed by atoms with Gasteiger partial charge in [0, 0.05) is 37.4 Å². The third kappa shape index (κ3) is 4.33. The number of carbonyl (C=O) groups is 1. The Morgan fingerprint density at radius 1 is 1.00 bits per heavy atom. The van der Waals surface area contributed by atoms with Crippen molar-refractivity contribution in [2.24, 2.45) is 0 Å². The molecule has 2 aromatic rings. The molecule has 0 saturated carbocycles. The first-order valence-electron chi connectivity index (χ1n) is 10.1. The summed E-state index contributed by atoms with van der Waals surface area (Å²) in [5.74, 6) is 0.170. The monoisotopic (exact) mass is 363 g/mol.